The Hall–Kier alpha value is -3.83. The van der Waals surface area contributed by atoms with Crippen molar-refractivity contribution in [3.8, 4) is 11.5 Å². The number of likely N-dealkylation sites (N-methyl/N-ethyl adjacent to an activating group) is 1. The molecule has 0 aliphatic heterocycles. The van der Waals surface area contributed by atoms with Crippen molar-refractivity contribution in [2.45, 2.75) is 20.0 Å². The van der Waals surface area contributed by atoms with Crippen molar-refractivity contribution in [3.05, 3.63) is 57.6 Å². The molecule has 0 fully saturated rings. The maximum atomic E-state index is 13.2. The molecule has 0 atom stereocenters. The Morgan fingerprint density at radius 3 is 2.36 bits per heavy atom. The third-order valence-electron chi connectivity index (χ3n) is 4.52. The molecule has 0 aliphatic rings. The molecule has 9 nitrogen and oxygen atoms in total. The third kappa shape index (κ3) is 6.11. The van der Waals surface area contributed by atoms with Gasteiger partial charge in [-0.15, -0.1) is 0 Å². The van der Waals surface area contributed by atoms with E-state index in [0.29, 0.717) is 0 Å². The number of amides is 2. The Balaban J connectivity index is 2.32. The van der Waals surface area contributed by atoms with Crippen LogP contribution in [0.25, 0.3) is 0 Å². The van der Waals surface area contributed by atoms with Gasteiger partial charge in [0.25, 0.3) is 11.6 Å². The first-order valence-electron chi connectivity index (χ1n) is 9.78. The number of nitrogens with one attached hydrogen (secondary N) is 1. The molecule has 33 heavy (non-hydrogen) atoms. The molecule has 0 radical (unpaired) electrons. The van der Waals surface area contributed by atoms with Gasteiger partial charge in [0.2, 0.25) is 5.91 Å². The van der Waals surface area contributed by atoms with Crippen LogP contribution in [0.1, 0.15) is 29.8 Å². The fourth-order valence-electron chi connectivity index (χ4n) is 3.00. The first-order valence-corrected chi connectivity index (χ1v) is 9.78. The molecule has 1 N–H and O–H groups in total. The molecular formula is C21H22F3N3O6. The summed E-state index contributed by atoms with van der Waals surface area (Å²) in [5.41, 5.74) is -2.43. The standard InChI is InChI=1S/C21H22F3N3O6/c1-4-26(12-19(28)25-15-9-7-6-8-14(15)21(22,23)24)20(29)13-10-17(32-3)18(33-5-2)11-16(13)27(30)31/h6-11H,4-5,12H2,1-3H3,(H,25,28). The van der Waals surface area contributed by atoms with Gasteiger partial charge in [-0.2, -0.15) is 13.2 Å². The van der Waals surface area contributed by atoms with Gasteiger partial charge < -0.3 is 19.7 Å². The lowest BCUT2D eigenvalue weighted by atomic mass is 10.1. The van der Waals surface area contributed by atoms with Crippen molar-refractivity contribution < 1.29 is 37.2 Å². The van der Waals surface area contributed by atoms with Crippen LogP contribution in [0, 0.1) is 10.1 Å². The second kappa shape index (κ2) is 10.7. The summed E-state index contributed by atoms with van der Waals surface area (Å²) in [4.78, 5) is 37.2. The van der Waals surface area contributed by atoms with Gasteiger partial charge in [0.05, 0.1) is 36.0 Å². The molecule has 2 rings (SSSR count). The fourth-order valence-corrected chi connectivity index (χ4v) is 3.00. The number of alkyl halides is 3. The number of halogens is 3. The second-order valence-corrected chi connectivity index (χ2v) is 6.62. The highest BCUT2D eigenvalue weighted by molar-refractivity contribution is 6.02. The van der Waals surface area contributed by atoms with Gasteiger partial charge >= 0.3 is 6.18 Å². The van der Waals surface area contributed by atoms with Gasteiger partial charge in [-0.05, 0) is 26.0 Å². The Bertz CT molecular complexity index is 1040. The van der Waals surface area contributed by atoms with Gasteiger partial charge in [-0.1, -0.05) is 12.1 Å². The Morgan fingerprint density at radius 1 is 1.15 bits per heavy atom. The number of hydrogen-bond donors (Lipinski definition) is 1. The van der Waals surface area contributed by atoms with E-state index in [2.05, 4.69) is 5.32 Å². The van der Waals surface area contributed by atoms with Gasteiger partial charge in [-0.3, -0.25) is 19.7 Å². The SMILES string of the molecule is CCOc1cc([N+](=O)[O-])c(C(=O)N(CC)CC(=O)Nc2ccccc2C(F)(F)F)cc1OC. The molecule has 2 aromatic rings. The summed E-state index contributed by atoms with van der Waals surface area (Å²) >= 11 is 0. The van der Waals surface area contributed by atoms with Crippen LogP contribution in [0.3, 0.4) is 0 Å². The first-order chi connectivity index (χ1) is 15.5. The molecule has 178 valence electrons. The molecule has 0 spiro atoms. The monoisotopic (exact) mass is 469 g/mol. The molecule has 12 heteroatoms. The zero-order valence-electron chi connectivity index (χ0n) is 18.1. The molecule has 0 aromatic heterocycles. The number of carbonyl (C=O) groups is 2. The van der Waals surface area contributed by atoms with Crippen molar-refractivity contribution >= 4 is 23.2 Å². The number of ether oxygens (including phenoxy) is 2. The van der Waals surface area contributed by atoms with Gasteiger partial charge in [0.1, 0.15) is 12.1 Å². The smallest absolute Gasteiger partial charge is 0.418 e. The number of methoxy groups -OCH3 is 1. The van der Waals surface area contributed by atoms with Crippen LogP contribution in [0.4, 0.5) is 24.5 Å². The maximum absolute atomic E-state index is 13.2. The summed E-state index contributed by atoms with van der Waals surface area (Å²) in [6.45, 7) is 2.71. The van der Waals surface area contributed by atoms with Crippen LogP contribution < -0.4 is 14.8 Å². The summed E-state index contributed by atoms with van der Waals surface area (Å²) < 4.78 is 49.9. The third-order valence-corrected chi connectivity index (χ3v) is 4.52. The normalized spacial score (nSPS) is 11.0. The van der Waals surface area contributed by atoms with Crippen LogP contribution in [0.15, 0.2) is 36.4 Å². The molecule has 0 aliphatic carbocycles. The molecule has 0 saturated carbocycles. The van der Waals surface area contributed by atoms with Crippen molar-refractivity contribution in [2.24, 2.45) is 0 Å². The Kier molecular flexibility index (Phi) is 8.21. The number of anilines is 1. The van der Waals surface area contributed by atoms with E-state index in [0.717, 1.165) is 29.2 Å². The average molecular weight is 469 g/mol. The molecule has 0 unspecified atom stereocenters. The molecular weight excluding hydrogens is 447 g/mol. The number of carbonyl (C=O) groups excluding carboxylic acids is 2. The fraction of sp³-hybridized carbons (Fsp3) is 0.333. The number of nitrogens with zero attached hydrogens (tertiary/aromatic N) is 2. The van der Waals surface area contributed by atoms with E-state index in [1.54, 1.807) is 6.92 Å². The molecule has 0 saturated heterocycles. The number of rotatable bonds is 9. The van der Waals surface area contributed by atoms with Crippen LogP contribution in [0.5, 0.6) is 11.5 Å². The summed E-state index contributed by atoms with van der Waals surface area (Å²) in [6.07, 6.45) is -4.69. The van der Waals surface area contributed by atoms with Crippen LogP contribution in [-0.4, -0.2) is 48.4 Å². The number of nitro groups is 1. The quantitative estimate of drug-likeness (QED) is 0.437. The lowest BCUT2D eigenvalue weighted by molar-refractivity contribution is -0.385. The van der Waals surface area contributed by atoms with Crippen molar-refractivity contribution in [2.75, 3.05) is 32.1 Å². The zero-order valence-corrected chi connectivity index (χ0v) is 18.1. The molecule has 2 amide bonds. The van der Waals surface area contributed by atoms with E-state index in [1.807, 2.05) is 0 Å². The largest absolute Gasteiger partial charge is 0.493 e. The van der Waals surface area contributed by atoms with Crippen molar-refractivity contribution in [3.63, 3.8) is 0 Å². The van der Waals surface area contributed by atoms with Crippen LogP contribution >= 0.6 is 0 Å². The van der Waals surface area contributed by atoms with Crippen molar-refractivity contribution in [1.82, 2.24) is 4.90 Å². The summed E-state index contributed by atoms with van der Waals surface area (Å²) in [6, 6.07) is 6.57. The lowest BCUT2D eigenvalue weighted by Gasteiger charge is -2.22. The first kappa shape index (κ1) is 25.4. The highest BCUT2D eigenvalue weighted by Crippen LogP contribution is 2.36. The predicted octanol–water partition coefficient (Wildman–Crippen LogP) is 4.12. The number of benzene rings is 2. The second-order valence-electron chi connectivity index (χ2n) is 6.62. The topological polar surface area (TPSA) is 111 Å². The molecule has 2 aromatic carbocycles. The van der Waals surface area contributed by atoms with E-state index in [1.165, 1.54) is 26.2 Å². The van der Waals surface area contributed by atoms with Gasteiger partial charge in [0, 0.05) is 12.6 Å². The number of nitro benzene ring substituents is 1. The lowest BCUT2D eigenvalue weighted by Crippen LogP contribution is -2.38. The van der Waals surface area contributed by atoms with E-state index in [4.69, 9.17) is 9.47 Å². The minimum Gasteiger partial charge on any atom is -0.493 e. The molecule has 0 heterocycles. The minimum absolute atomic E-state index is 0.0418. The van der Waals surface area contributed by atoms with Crippen LogP contribution in [-0.2, 0) is 11.0 Å². The van der Waals surface area contributed by atoms with Gasteiger partial charge in [-0.25, -0.2) is 0 Å². The van der Waals surface area contributed by atoms with E-state index in [-0.39, 0.29) is 30.2 Å². The van der Waals surface area contributed by atoms with E-state index >= 15 is 0 Å². The highest BCUT2D eigenvalue weighted by Gasteiger charge is 2.34. The average Bonchev–Trinajstić information content (AvgIpc) is 2.76. The highest BCUT2D eigenvalue weighted by atomic mass is 19.4. The predicted molar refractivity (Wildman–Crippen MR) is 112 cm³/mol. The number of hydrogen-bond acceptors (Lipinski definition) is 6. The summed E-state index contributed by atoms with van der Waals surface area (Å²) in [7, 11) is 1.29. The Morgan fingerprint density at radius 2 is 1.82 bits per heavy atom. The minimum atomic E-state index is -4.69. The summed E-state index contributed by atoms with van der Waals surface area (Å²) in [5, 5.41) is 13.7. The van der Waals surface area contributed by atoms with E-state index in [9.17, 15) is 32.9 Å². The summed E-state index contributed by atoms with van der Waals surface area (Å²) in [5.74, 6) is -1.63. The Labute approximate surface area is 187 Å². The number of para-hydroxylation sites is 1. The van der Waals surface area contributed by atoms with Crippen molar-refractivity contribution in [1.29, 1.82) is 0 Å². The maximum Gasteiger partial charge on any atom is 0.418 e. The zero-order chi connectivity index (χ0) is 24.8. The van der Waals surface area contributed by atoms with Gasteiger partial charge in [0.15, 0.2) is 11.5 Å². The van der Waals surface area contributed by atoms with E-state index < -0.39 is 46.4 Å². The van der Waals surface area contributed by atoms with Crippen LogP contribution in [0.2, 0.25) is 0 Å². The molecule has 0 bridgehead atoms.